The van der Waals surface area contributed by atoms with E-state index >= 15 is 0 Å². The van der Waals surface area contributed by atoms with E-state index in [1.54, 1.807) is 0 Å². The summed E-state index contributed by atoms with van der Waals surface area (Å²) in [6.07, 6.45) is -2.57. The van der Waals surface area contributed by atoms with Crippen LogP contribution in [0.5, 0.6) is 0 Å². The largest absolute Gasteiger partial charge is 0.481 e. The summed E-state index contributed by atoms with van der Waals surface area (Å²) in [5, 5.41) is 23.9. The number of nitrogens with zero attached hydrogens (tertiary/aromatic N) is 2. The molecule has 1 aliphatic rings. The molecule has 0 bridgehead atoms. The van der Waals surface area contributed by atoms with Crippen molar-refractivity contribution in [1.29, 1.82) is 0 Å². The first-order valence-corrected chi connectivity index (χ1v) is 17.0. The minimum Gasteiger partial charge on any atom is -0.481 e. The third-order valence-electron chi connectivity index (χ3n) is 7.81. The molecular formula is C30H52N14O10. The molecule has 302 valence electrons. The molecule has 1 rings (SSSR count). The van der Waals surface area contributed by atoms with Gasteiger partial charge in [0.1, 0.15) is 36.3 Å². The van der Waals surface area contributed by atoms with Gasteiger partial charge in [0.15, 0.2) is 11.9 Å². The number of carbonyl (C=O) groups is 9. The molecule has 0 saturated carbocycles. The molecule has 24 heteroatoms. The molecule has 19 N–H and O–H groups in total. The molecule has 24 nitrogen and oxygen atoms in total. The highest BCUT2D eigenvalue weighted by molar-refractivity contribution is 5.98. The number of rotatable bonds is 17. The number of amides is 8. The fraction of sp³-hybridized carbons (Fsp3) is 0.633. The maximum atomic E-state index is 13.7. The quantitative estimate of drug-likeness (QED) is 0.0372. The van der Waals surface area contributed by atoms with Crippen LogP contribution in [0.2, 0.25) is 0 Å². The number of nitrogens with one attached hydrogen (secondary N) is 6. The smallest absolute Gasteiger partial charge is 0.303 e. The molecule has 0 aromatic rings. The van der Waals surface area contributed by atoms with Crippen LogP contribution < -0.4 is 66.3 Å². The summed E-state index contributed by atoms with van der Waals surface area (Å²) in [6.45, 7) is 1.31. The summed E-state index contributed by atoms with van der Waals surface area (Å²) in [7, 11) is 0. The maximum Gasteiger partial charge on any atom is 0.303 e. The minimum absolute atomic E-state index is 0.00304. The number of aliphatic carboxylic acids is 1. The van der Waals surface area contributed by atoms with Crippen LogP contribution in [0.15, 0.2) is 9.98 Å². The third kappa shape index (κ3) is 18.3. The summed E-state index contributed by atoms with van der Waals surface area (Å²) in [5.41, 5.74) is 32.1. The van der Waals surface area contributed by atoms with E-state index in [-0.39, 0.29) is 63.5 Å². The molecule has 1 aliphatic heterocycles. The molecule has 0 aromatic heterocycles. The second-order valence-corrected chi connectivity index (χ2v) is 12.4. The highest BCUT2D eigenvalue weighted by Gasteiger charge is 2.34. The van der Waals surface area contributed by atoms with Gasteiger partial charge in [-0.3, -0.25) is 53.1 Å². The lowest BCUT2D eigenvalue weighted by Crippen LogP contribution is -2.61. The number of primary amides is 2. The van der Waals surface area contributed by atoms with Crippen molar-refractivity contribution in [2.24, 2.45) is 44.4 Å². The molecule has 0 spiro atoms. The first-order chi connectivity index (χ1) is 25.3. The molecule has 0 radical (unpaired) electrons. The second-order valence-electron chi connectivity index (χ2n) is 12.4. The predicted octanol–water partition coefficient (Wildman–Crippen LogP) is -6.57. The Morgan fingerprint density at radius 2 is 0.796 bits per heavy atom. The first-order valence-electron chi connectivity index (χ1n) is 17.0. The average Bonchev–Trinajstić information content (AvgIpc) is 3.07. The summed E-state index contributed by atoms with van der Waals surface area (Å²) in [4.78, 5) is 124. The van der Waals surface area contributed by atoms with Gasteiger partial charge < -0.3 is 71.4 Å². The van der Waals surface area contributed by atoms with E-state index in [1.807, 2.05) is 0 Å². The number of carbonyl (C=O) groups excluding carboxylic acids is 8. The summed E-state index contributed by atoms with van der Waals surface area (Å²) < 4.78 is 0. The Labute approximate surface area is 310 Å². The van der Waals surface area contributed by atoms with Gasteiger partial charge in [-0.25, -0.2) is 0 Å². The molecule has 0 aromatic carbocycles. The van der Waals surface area contributed by atoms with Crippen molar-refractivity contribution >= 4 is 65.1 Å². The van der Waals surface area contributed by atoms with Crippen molar-refractivity contribution in [3.63, 3.8) is 0 Å². The van der Waals surface area contributed by atoms with Crippen LogP contribution in [0, 0.1) is 0 Å². The van der Waals surface area contributed by atoms with Gasteiger partial charge in [-0.2, -0.15) is 0 Å². The molecule has 1 fully saturated rings. The topological polar surface area (TPSA) is 427 Å². The van der Waals surface area contributed by atoms with Gasteiger partial charge in [-0.1, -0.05) is 0 Å². The first kappa shape index (κ1) is 45.8. The zero-order valence-corrected chi connectivity index (χ0v) is 29.9. The summed E-state index contributed by atoms with van der Waals surface area (Å²) in [5.74, 6) is -9.17. The molecule has 1 saturated heterocycles. The Balaban J connectivity index is 3.74. The summed E-state index contributed by atoms with van der Waals surface area (Å²) in [6, 6.07) is -8.77. The molecule has 1 heterocycles. The van der Waals surface area contributed by atoms with Gasteiger partial charge in [0, 0.05) is 32.4 Å². The Hall–Kier alpha value is -6.23. The number of guanidine groups is 2. The number of aliphatic imine (C=N–C) groups is 2. The average molecular weight is 769 g/mol. The van der Waals surface area contributed by atoms with Crippen LogP contribution in [0.25, 0.3) is 0 Å². The standard InChI is InChI=1S/C30H52N14O10/c1-14-23(49)40-15(4-2-12-37-29(33)34)25(51)43-18(7-10-21(32)46)27(53)41-16(5-3-13-38-30(35)36)26(52)44-19(8-11-22(47)48)28(54)42-17(24(50)39-14)6-9-20(31)45/h14-19H,2-13H2,1H3,(H2,31,45)(H2,32,46)(H,39,50)(H,40,49)(H,41,53)(H,42,54)(H,43,51)(H,44,52)(H,47,48)(H4,33,34,37)(H4,35,36,38)/t14-,15-,16-,17-,18-,19-/m0/s1. The van der Waals surface area contributed by atoms with Crippen LogP contribution in [-0.2, 0) is 43.2 Å². The van der Waals surface area contributed by atoms with E-state index in [4.69, 9.17) is 34.4 Å². The lowest BCUT2D eigenvalue weighted by atomic mass is 10.0. The van der Waals surface area contributed by atoms with Gasteiger partial charge in [-0.05, 0) is 51.9 Å². The number of hydrogen-bond donors (Lipinski definition) is 13. The fourth-order valence-electron chi connectivity index (χ4n) is 4.96. The molecule has 54 heavy (non-hydrogen) atoms. The van der Waals surface area contributed by atoms with E-state index in [9.17, 15) is 48.3 Å². The van der Waals surface area contributed by atoms with E-state index in [0.717, 1.165) is 0 Å². The second kappa shape index (κ2) is 23.4. The van der Waals surface area contributed by atoms with Crippen LogP contribution in [0.3, 0.4) is 0 Å². The Morgan fingerprint density at radius 1 is 0.500 bits per heavy atom. The van der Waals surface area contributed by atoms with Gasteiger partial charge in [0.25, 0.3) is 0 Å². The van der Waals surface area contributed by atoms with Gasteiger partial charge in [0.05, 0.1) is 0 Å². The van der Waals surface area contributed by atoms with E-state index in [2.05, 4.69) is 41.9 Å². The van der Waals surface area contributed by atoms with Gasteiger partial charge in [0.2, 0.25) is 47.3 Å². The van der Waals surface area contributed by atoms with Crippen molar-refractivity contribution in [1.82, 2.24) is 31.9 Å². The molecule has 0 unspecified atom stereocenters. The Bertz CT molecular complexity index is 1450. The number of hydrogen-bond acceptors (Lipinski definition) is 11. The molecular weight excluding hydrogens is 716 g/mol. The minimum atomic E-state index is -1.60. The number of carboxylic acid groups (broad SMARTS) is 1. The van der Waals surface area contributed by atoms with Gasteiger partial charge in [-0.15, -0.1) is 0 Å². The van der Waals surface area contributed by atoms with Crippen LogP contribution >= 0.6 is 0 Å². The van der Waals surface area contributed by atoms with Crippen LogP contribution in [0.4, 0.5) is 0 Å². The summed E-state index contributed by atoms with van der Waals surface area (Å²) >= 11 is 0. The van der Waals surface area contributed by atoms with Gasteiger partial charge >= 0.3 is 5.97 Å². The van der Waals surface area contributed by atoms with Crippen LogP contribution in [-0.4, -0.2) is 120 Å². The predicted molar refractivity (Wildman–Crippen MR) is 191 cm³/mol. The third-order valence-corrected chi connectivity index (χ3v) is 7.81. The lowest BCUT2D eigenvalue weighted by molar-refractivity contribution is -0.139. The van der Waals surface area contributed by atoms with E-state index in [0.29, 0.717) is 0 Å². The van der Waals surface area contributed by atoms with E-state index in [1.165, 1.54) is 6.92 Å². The molecule has 0 aliphatic carbocycles. The number of carboxylic acids is 1. The molecule has 8 amide bonds. The number of nitrogens with two attached hydrogens (primary N) is 6. The van der Waals surface area contributed by atoms with E-state index < -0.39 is 115 Å². The highest BCUT2D eigenvalue weighted by Crippen LogP contribution is 2.09. The lowest BCUT2D eigenvalue weighted by Gasteiger charge is -2.28. The van der Waals surface area contributed by atoms with Crippen molar-refractivity contribution in [3.05, 3.63) is 0 Å². The highest BCUT2D eigenvalue weighted by atomic mass is 16.4. The zero-order chi connectivity index (χ0) is 41.0. The monoisotopic (exact) mass is 768 g/mol. The van der Waals surface area contributed by atoms with Crippen molar-refractivity contribution < 1.29 is 48.3 Å². The van der Waals surface area contributed by atoms with Crippen molar-refractivity contribution in [2.75, 3.05) is 13.1 Å². The fourth-order valence-corrected chi connectivity index (χ4v) is 4.96. The van der Waals surface area contributed by atoms with Crippen LogP contribution in [0.1, 0.15) is 71.1 Å². The normalized spacial score (nSPS) is 23.1. The Kier molecular flexibility index (Phi) is 19.8. The SMILES string of the molecule is C[C@@H]1NC(=O)[C@H](CCC(N)=O)NC(=O)[C@H](CCC(=O)O)NC(=O)[C@H](CCCN=C(N)N)NC(=O)[C@H](CCC(N)=O)NC(=O)[C@H](CCCN=C(N)N)NC1=O. The van der Waals surface area contributed by atoms with Crippen molar-refractivity contribution in [2.45, 2.75) is 107 Å². The zero-order valence-electron chi connectivity index (χ0n) is 29.9. The van der Waals surface area contributed by atoms with Crippen molar-refractivity contribution in [3.8, 4) is 0 Å². The molecule has 6 atom stereocenters. The maximum absolute atomic E-state index is 13.7. The Morgan fingerprint density at radius 3 is 1.11 bits per heavy atom.